The summed E-state index contributed by atoms with van der Waals surface area (Å²) in [5.74, 6) is 1.21. The van der Waals surface area contributed by atoms with E-state index in [1.807, 2.05) is 24.3 Å². The number of benzene rings is 3. The van der Waals surface area contributed by atoms with E-state index in [0.717, 1.165) is 11.1 Å². The molecule has 0 bridgehead atoms. The summed E-state index contributed by atoms with van der Waals surface area (Å²) in [7, 11) is 1.54. The fraction of sp³-hybridized carbons (Fsp3) is 0.154. The molecule has 0 aliphatic carbocycles. The van der Waals surface area contributed by atoms with Crippen molar-refractivity contribution >= 4 is 33.8 Å². The maximum atomic E-state index is 13.5. The van der Waals surface area contributed by atoms with Crippen molar-refractivity contribution < 1.29 is 22.7 Å². The lowest BCUT2D eigenvalue weighted by molar-refractivity contribution is 0.310. The van der Waals surface area contributed by atoms with Crippen LogP contribution in [0.1, 0.15) is 6.42 Å². The van der Waals surface area contributed by atoms with Crippen LogP contribution in [0.5, 0.6) is 11.5 Å². The Balaban J connectivity index is 1.36. The zero-order valence-corrected chi connectivity index (χ0v) is 19.1. The summed E-state index contributed by atoms with van der Waals surface area (Å²) in [4.78, 5) is 17.7. The lowest BCUT2D eigenvalue weighted by Crippen LogP contribution is -2.11. The molecule has 5 aromatic rings. The largest absolute Gasteiger partial charge is 0.497 e. The number of rotatable bonds is 8. The molecule has 0 spiro atoms. The van der Waals surface area contributed by atoms with E-state index < -0.39 is 0 Å². The van der Waals surface area contributed by atoms with Crippen molar-refractivity contribution in [3.8, 4) is 22.8 Å². The van der Waals surface area contributed by atoms with E-state index in [4.69, 9.17) is 18.3 Å². The third-order valence-corrected chi connectivity index (χ3v) is 6.11. The average molecular weight is 478 g/mol. The fourth-order valence-corrected chi connectivity index (χ4v) is 4.26. The van der Waals surface area contributed by atoms with Gasteiger partial charge in [0.05, 0.1) is 19.1 Å². The lowest BCUT2D eigenvalue weighted by Gasteiger charge is -2.12. The van der Waals surface area contributed by atoms with E-state index in [9.17, 15) is 9.18 Å². The first-order valence-electron chi connectivity index (χ1n) is 10.6. The molecule has 0 unspecified atom stereocenters. The second-order valence-electron chi connectivity index (χ2n) is 7.46. The molecule has 3 aromatic carbocycles. The summed E-state index contributed by atoms with van der Waals surface area (Å²) in [6.07, 6.45) is 0.645. The van der Waals surface area contributed by atoms with E-state index in [1.165, 1.54) is 31.0 Å². The number of fused-ring (bicyclic) bond motifs is 2. The predicted molar refractivity (Wildman–Crippen MR) is 129 cm³/mol. The Morgan fingerprint density at radius 3 is 2.62 bits per heavy atom. The van der Waals surface area contributed by atoms with Crippen molar-refractivity contribution in [3.05, 3.63) is 82.8 Å². The van der Waals surface area contributed by atoms with Gasteiger partial charge in [0.25, 0.3) is 5.22 Å². The number of methoxy groups -OCH3 is 1. The van der Waals surface area contributed by atoms with E-state index in [1.54, 1.807) is 30.3 Å². The number of thioether (sulfide) groups is 1. The van der Waals surface area contributed by atoms with Crippen molar-refractivity contribution in [2.45, 2.75) is 11.6 Å². The van der Waals surface area contributed by atoms with Crippen LogP contribution in [-0.4, -0.2) is 24.5 Å². The quantitative estimate of drug-likeness (QED) is 0.191. The zero-order valence-electron chi connectivity index (χ0n) is 18.2. The van der Waals surface area contributed by atoms with Crippen molar-refractivity contribution in [1.82, 2.24) is 4.98 Å². The van der Waals surface area contributed by atoms with Crippen LogP contribution in [0, 0.1) is 5.82 Å². The van der Waals surface area contributed by atoms with Crippen LogP contribution in [0.15, 0.2) is 85.6 Å². The maximum Gasteiger partial charge on any atom is 0.256 e. The molecule has 0 amide bonds. The first kappa shape index (κ1) is 22.0. The number of hydrogen-bond donors (Lipinski definition) is 0. The number of para-hydroxylation sites is 2. The van der Waals surface area contributed by atoms with Crippen LogP contribution < -0.4 is 14.9 Å². The predicted octanol–water partition coefficient (Wildman–Crippen LogP) is 6.31. The Bertz CT molecular complexity index is 1480. The van der Waals surface area contributed by atoms with Gasteiger partial charge in [0.1, 0.15) is 22.7 Å². The molecule has 2 heterocycles. The van der Waals surface area contributed by atoms with Crippen LogP contribution in [-0.2, 0) is 0 Å². The van der Waals surface area contributed by atoms with Crippen molar-refractivity contribution in [2.75, 3.05) is 19.5 Å². The van der Waals surface area contributed by atoms with Crippen LogP contribution >= 0.6 is 11.8 Å². The number of aromatic nitrogens is 1. The Morgan fingerprint density at radius 2 is 1.82 bits per heavy atom. The van der Waals surface area contributed by atoms with E-state index in [2.05, 4.69) is 4.98 Å². The van der Waals surface area contributed by atoms with Gasteiger partial charge >= 0.3 is 0 Å². The van der Waals surface area contributed by atoms with Gasteiger partial charge in [-0.1, -0.05) is 23.9 Å². The van der Waals surface area contributed by atoms with Gasteiger partial charge in [-0.25, -0.2) is 9.37 Å². The highest BCUT2D eigenvalue weighted by atomic mass is 32.2. The van der Waals surface area contributed by atoms with Crippen molar-refractivity contribution in [2.24, 2.45) is 0 Å². The molecule has 0 saturated heterocycles. The smallest absolute Gasteiger partial charge is 0.256 e. The molecule has 172 valence electrons. The second kappa shape index (κ2) is 9.61. The summed E-state index contributed by atoms with van der Waals surface area (Å²) >= 11 is 1.48. The number of ether oxygens (including phenoxy) is 2. The molecule has 0 fully saturated rings. The molecule has 34 heavy (non-hydrogen) atoms. The van der Waals surface area contributed by atoms with Gasteiger partial charge in [-0.3, -0.25) is 4.79 Å². The molecule has 6 nitrogen and oxygen atoms in total. The molecule has 5 rings (SSSR count). The number of nitrogens with zero attached hydrogens (tertiary/aromatic N) is 1. The third-order valence-electron chi connectivity index (χ3n) is 5.20. The average Bonchev–Trinajstić information content (AvgIpc) is 3.28. The molecule has 0 N–H and O–H groups in total. The van der Waals surface area contributed by atoms with Crippen LogP contribution in [0.3, 0.4) is 0 Å². The van der Waals surface area contributed by atoms with Gasteiger partial charge < -0.3 is 18.3 Å². The maximum absolute atomic E-state index is 13.5. The number of hydrogen-bond acceptors (Lipinski definition) is 7. The Labute approximate surface area is 198 Å². The molecule has 8 heteroatoms. The Morgan fingerprint density at radius 1 is 1.00 bits per heavy atom. The van der Waals surface area contributed by atoms with Crippen molar-refractivity contribution in [3.63, 3.8) is 0 Å². The highest BCUT2D eigenvalue weighted by Gasteiger charge is 2.18. The normalized spacial score (nSPS) is 11.2. The molecule has 0 aliphatic heterocycles. The first-order chi connectivity index (χ1) is 16.6. The topological polar surface area (TPSA) is 74.7 Å². The summed E-state index contributed by atoms with van der Waals surface area (Å²) in [5, 5.41) is 0.967. The third kappa shape index (κ3) is 4.49. The SMILES string of the molecule is COc1ccc2c(=O)c(OCCCSc3nc4ccccc4o3)c(-c3ccc(F)cc3)oc2c1. The lowest BCUT2D eigenvalue weighted by atomic mass is 10.1. The van der Waals surface area contributed by atoms with Gasteiger partial charge in [0.15, 0.2) is 11.3 Å². The minimum atomic E-state index is -0.382. The fourth-order valence-electron chi connectivity index (χ4n) is 3.51. The van der Waals surface area contributed by atoms with Gasteiger partial charge in [-0.05, 0) is 55.0 Å². The highest BCUT2D eigenvalue weighted by molar-refractivity contribution is 7.99. The zero-order chi connectivity index (χ0) is 23.5. The summed E-state index contributed by atoms with van der Waals surface area (Å²) in [6.45, 7) is 0.286. The van der Waals surface area contributed by atoms with E-state index >= 15 is 0 Å². The van der Waals surface area contributed by atoms with Crippen LogP contribution in [0.25, 0.3) is 33.4 Å². The Kier molecular flexibility index (Phi) is 6.22. The van der Waals surface area contributed by atoms with Gasteiger partial charge in [0.2, 0.25) is 11.2 Å². The molecule has 2 aromatic heterocycles. The number of oxazole rings is 1. The van der Waals surface area contributed by atoms with E-state index in [-0.39, 0.29) is 29.4 Å². The molecule has 0 radical (unpaired) electrons. The Hall–Kier alpha value is -3.78. The summed E-state index contributed by atoms with van der Waals surface area (Å²) < 4.78 is 36.4. The first-order valence-corrected chi connectivity index (χ1v) is 11.6. The van der Waals surface area contributed by atoms with Crippen LogP contribution in [0.2, 0.25) is 0 Å². The summed E-state index contributed by atoms with van der Waals surface area (Å²) in [5.41, 5.74) is 2.17. The molecule has 0 aliphatic rings. The van der Waals surface area contributed by atoms with Gasteiger partial charge in [0, 0.05) is 17.4 Å². The van der Waals surface area contributed by atoms with Gasteiger partial charge in [-0.15, -0.1) is 0 Å². The summed E-state index contributed by atoms with van der Waals surface area (Å²) in [6, 6.07) is 18.3. The minimum absolute atomic E-state index is 0.0936. The highest BCUT2D eigenvalue weighted by Crippen LogP contribution is 2.32. The van der Waals surface area contributed by atoms with Crippen molar-refractivity contribution in [1.29, 1.82) is 0 Å². The minimum Gasteiger partial charge on any atom is -0.497 e. The molecular formula is C26H20FNO5S. The molecule has 0 atom stereocenters. The van der Waals surface area contributed by atoms with Gasteiger partial charge in [-0.2, -0.15) is 0 Å². The standard InChI is InChI=1S/C26H20FNO5S/c1-30-18-11-12-19-22(15-18)32-24(16-7-9-17(27)10-8-16)25(23(19)29)31-13-4-14-34-26-28-20-5-2-3-6-21(20)33-26/h2-3,5-12,15H,4,13-14H2,1H3. The number of halogens is 1. The molecular weight excluding hydrogens is 457 g/mol. The second-order valence-corrected chi connectivity index (χ2v) is 8.50. The monoisotopic (exact) mass is 477 g/mol. The molecule has 0 saturated carbocycles. The van der Waals surface area contributed by atoms with E-state index in [0.29, 0.717) is 39.7 Å². The van der Waals surface area contributed by atoms with Crippen LogP contribution in [0.4, 0.5) is 4.39 Å².